The Labute approximate surface area is 439 Å². The number of ether oxygens (including phenoxy) is 2. The van der Waals surface area contributed by atoms with Crippen molar-refractivity contribution in [2.45, 2.75) is 189 Å². The molecule has 2 heterocycles. The number of likely N-dealkylation sites (N-methyl/N-ethyl adjacent to an activating group) is 1. The zero-order chi connectivity index (χ0) is 50.6. The van der Waals surface area contributed by atoms with Gasteiger partial charge in [0.2, 0.25) is 0 Å². The maximum Gasteiger partial charge on any atom is 0.331 e. The second-order valence-electron chi connectivity index (χ2n) is 27.4. The van der Waals surface area contributed by atoms with Gasteiger partial charge in [0.15, 0.2) is 0 Å². The van der Waals surface area contributed by atoms with Gasteiger partial charge < -0.3 is 40.0 Å². The van der Waals surface area contributed by atoms with E-state index in [-0.39, 0.29) is 60.2 Å². The molecule has 0 amide bonds. The molecule has 74 heavy (non-hydrogen) atoms. The van der Waals surface area contributed by atoms with Gasteiger partial charge in [-0.25, -0.2) is 4.79 Å². The second-order valence-corrected chi connectivity index (χ2v) is 27.4. The third-order valence-corrected chi connectivity index (χ3v) is 25.7. The molecule has 13 aliphatic rings. The number of benzene rings is 2. The molecule has 9 nitrogen and oxygen atoms in total. The molecule has 11 aliphatic carbocycles. The van der Waals surface area contributed by atoms with Gasteiger partial charge in [0.25, 0.3) is 0 Å². The molecule has 5 N–H and O–H groups in total. The molecule has 396 valence electrons. The van der Waals surface area contributed by atoms with Crippen molar-refractivity contribution in [2.75, 3.05) is 13.7 Å². The minimum atomic E-state index is -1.70. The van der Waals surface area contributed by atoms with E-state index in [2.05, 4.69) is 54.4 Å². The predicted molar refractivity (Wildman–Crippen MR) is 281 cm³/mol. The molecule has 2 aliphatic heterocycles. The highest BCUT2D eigenvalue weighted by Crippen LogP contribution is 2.81. The Morgan fingerprint density at radius 1 is 0.851 bits per heavy atom. The number of aliphatic hydroxyl groups excluding tert-OH is 1. The van der Waals surface area contributed by atoms with E-state index in [0.29, 0.717) is 99.4 Å². The van der Waals surface area contributed by atoms with Gasteiger partial charge in [-0.05, 0) is 197 Å². The van der Waals surface area contributed by atoms with Crippen LogP contribution in [0.2, 0.25) is 0 Å². The number of nitrogens with one attached hydrogen (secondary N) is 1. The molecule has 9 saturated carbocycles. The van der Waals surface area contributed by atoms with Crippen LogP contribution in [-0.4, -0.2) is 81.4 Å². The summed E-state index contributed by atoms with van der Waals surface area (Å²) in [5.41, 5.74) is -2.05. The average molecular weight is 1010 g/mol. The molecular weight excluding hydrogens is 923 g/mol. The van der Waals surface area contributed by atoms with Crippen LogP contribution in [0, 0.1) is 99.1 Å². The molecule has 1 saturated heterocycles. The molecule has 2 aromatic rings. The number of fused-ring (bicyclic) bond motifs is 8. The van der Waals surface area contributed by atoms with Gasteiger partial charge in [-0.15, -0.1) is 0 Å². The fraction of sp³-hybridized carbons (Fsp3) is 0.723. The van der Waals surface area contributed by atoms with Crippen molar-refractivity contribution in [2.24, 2.45) is 87.3 Å². The SMILES string of the molecule is CNC1Cc2c(cccc2CO)C#CCCC23CCC4C(O)(CC5CC(C(C)C6CCCC6)CCC6C7OCCC8CC9CC(c%10ccccc%10)CCC9C87CC4(C=O)C56O)C2(O)CC2CC1C1OC(=O)C=C1C23. The molecule has 0 aromatic heterocycles. The molecule has 2 aromatic carbocycles. The van der Waals surface area contributed by atoms with E-state index in [9.17, 15) is 25.2 Å². The first kappa shape index (κ1) is 49.0. The van der Waals surface area contributed by atoms with Crippen LogP contribution in [-0.2, 0) is 32.1 Å². The van der Waals surface area contributed by atoms with E-state index in [1.54, 1.807) is 6.08 Å². The van der Waals surface area contributed by atoms with Gasteiger partial charge in [-0.2, -0.15) is 0 Å². The van der Waals surface area contributed by atoms with Crippen LogP contribution >= 0.6 is 0 Å². The Morgan fingerprint density at radius 2 is 1.68 bits per heavy atom. The van der Waals surface area contributed by atoms with Crippen LogP contribution in [0.15, 0.2) is 60.2 Å². The average Bonchev–Trinajstić information content (AvgIpc) is 4.20. The fourth-order valence-corrected chi connectivity index (χ4v) is 23.0. The van der Waals surface area contributed by atoms with Gasteiger partial charge in [-0.1, -0.05) is 86.9 Å². The summed E-state index contributed by atoms with van der Waals surface area (Å²) in [4.78, 5) is 29.3. The Bertz CT molecular complexity index is 2650. The van der Waals surface area contributed by atoms with Gasteiger partial charge in [0.1, 0.15) is 18.0 Å². The topological polar surface area (TPSA) is 146 Å². The molecule has 21 atom stereocenters. The molecule has 0 radical (unpaired) electrons. The van der Waals surface area contributed by atoms with Crippen LogP contribution in [0.5, 0.6) is 0 Å². The van der Waals surface area contributed by atoms with Crippen LogP contribution in [0.3, 0.4) is 0 Å². The largest absolute Gasteiger partial charge is 0.454 e. The highest BCUT2D eigenvalue weighted by molar-refractivity contribution is 5.86. The highest BCUT2D eigenvalue weighted by Gasteiger charge is 2.85. The summed E-state index contributed by atoms with van der Waals surface area (Å²) in [6.07, 6.45) is 19.8. The van der Waals surface area contributed by atoms with Gasteiger partial charge >= 0.3 is 5.97 Å². The molecule has 15 rings (SSSR count). The number of aliphatic hydroxyl groups is 4. The summed E-state index contributed by atoms with van der Waals surface area (Å²) in [6.45, 7) is 3.07. The van der Waals surface area contributed by atoms with Crippen molar-refractivity contribution in [3.63, 3.8) is 0 Å². The summed E-state index contributed by atoms with van der Waals surface area (Å²) in [5.74, 6) is 8.24. The summed E-state index contributed by atoms with van der Waals surface area (Å²) >= 11 is 0. The third kappa shape index (κ3) is 6.39. The first-order valence-electron chi connectivity index (χ1n) is 30.0. The molecule has 21 unspecified atom stereocenters. The number of aldehydes is 1. The van der Waals surface area contributed by atoms with Crippen molar-refractivity contribution in [3.8, 4) is 11.8 Å². The Morgan fingerprint density at radius 3 is 2.47 bits per heavy atom. The minimum Gasteiger partial charge on any atom is -0.454 e. The van der Waals surface area contributed by atoms with Crippen molar-refractivity contribution in [3.05, 3.63) is 82.4 Å². The quantitative estimate of drug-likeness (QED) is 0.109. The first-order valence-corrected chi connectivity index (χ1v) is 30.0. The number of esters is 1. The lowest BCUT2D eigenvalue weighted by Crippen LogP contribution is -2.83. The number of hydrogen-bond donors (Lipinski definition) is 5. The lowest BCUT2D eigenvalue weighted by molar-refractivity contribution is -0.366. The Kier molecular flexibility index (Phi) is 11.6. The monoisotopic (exact) mass is 1010 g/mol. The summed E-state index contributed by atoms with van der Waals surface area (Å²) in [6, 6.07) is 17.0. The van der Waals surface area contributed by atoms with Crippen LogP contribution in [0.1, 0.15) is 164 Å². The van der Waals surface area contributed by atoms with Crippen molar-refractivity contribution >= 4 is 12.3 Å². The van der Waals surface area contributed by atoms with Crippen LogP contribution in [0.4, 0.5) is 0 Å². The van der Waals surface area contributed by atoms with Gasteiger partial charge in [-0.3, -0.25) is 0 Å². The maximum absolute atomic E-state index is 15.5. The van der Waals surface area contributed by atoms with E-state index in [0.717, 1.165) is 73.6 Å². The van der Waals surface area contributed by atoms with Crippen LogP contribution < -0.4 is 5.32 Å². The number of hydrogen-bond acceptors (Lipinski definition) is 9. The number of carbonyl (C=O) groups is 2. The highest BCUT2D eigenvalue weighted by atomic mass is 16.5. The summed E-state index contributed by atoms with van der Waals surface area (Å²) < 4.78 is 13.8. The zero-order valence-corrected chi connectivity index (χ0v) is 44.2. The molecule has 2 spiro atoms. The van der Waals surface area contributed by atoms with E-state index in [1.807, 2.05) is 25.2 Å². The molecular formula is C65H83NO8. The predicted octanol–water partition coefficient (Wildman–Crippen LogP) is 9.40. The number of rotatable bonds is 6. The summed E-state index contributed by atoms with van der Waals surface area (Å²) in [5, 5.41) is 58.8. The second kappa shape index (κ2) is 17.6. The lowest BCUT2D eigenvalue weighted by atomic mass is 9.32. The molecule has 9 heteroatoms. The van der Waals surface area contributed by atoms with E-state index >= 15 is 4.79 Å². The Balaban J connectivity index is 0.928. The smallest absolute Gasteiger partial charge is 0.331 e. The van der Waals surface area contributed by atoms with E-state index < -0.39 is 45.6 Å². The molecule has 4 bridgehead atoms. The minimum absolute atomic E-state index is 0.0623. The van der Waals surface area contributed by atoms with Crippen molar-refractivity contribution in [1.82, 2.24) is 5.32 Å². The van der Waals surface area contributed by atoms with Crippen molar-refractivity contribution in [1.29, 1.82) is 0 Å². The first-order chi connectivity index (χ1) is 35.9. The fourth-order valence-electron chi connectivity index (χ4n) is 23.0. The zero-order valence-electron chi connectivity index (χ0n) is 44.2. The van der Waals surface area contributed by atoms with Crippen molar-refractivity contribution < 1.29 is 39.5 Å². The maximum atomic E-state index is 15.5. The van der Waals surface area contributed by atoms with Gasteiger partial charge in [0, 0.05) is 59.3 Å². The number of carbonyl (C=O) groups excluding carboxylic acids is 2. The summed E-state index contributed by atoms with van der Waals surface area (Å²) in [7, 11) is 1.97. The van der Waals surface area contributed by atoms with E-state index in [4.69, 9.17) is 9.47 Å². The van der Waals surface area contributed by atoms with Crippen LogP contribution in [0.25, 0.3) is 0 Å². The Hall–Kier alpha value is -3.36. The lowest BCUT2D eigenvalue weighted by Gasteiger charge is -2.75. The van der Waals surface area contributed by atoms with Gasteiger partial charge in [0.05, 0.1) is 29.3 Å². The third-order valence-electron chi connectivity index (χ3n) is 25.7. The standard InChI is InChI=1S/C65H83NO8/c1-38(39-11-6-7-12-39)42-18-21-53-59-62(47(23-26-73-59)29-45-27-43(19-20-52(45)62)40-13-4-3-5-14-40)36-61(37-68)55-22-25-60-24-9-8-15-41-16-10-17-44(35-67)49(41)31-54(66-2)50-30-46(57(60)51-32-56(69)74-58(50)51)33-64(60,71)63(55,70)34-48(28-42)65(53,61)72/h3-5,10,13-14,16-17,32,37-39,42-43,45-48,50,52-55,57-59,66-67,70-72H,6-7,9,11-12,18-31,33-36H2,1-2H3. The normalized spacial score (nSPS) is 49.1. The van der Waals surface area contributed by atoms with E-state index in [1.165, 1.54) is 37.5 Å². The molecule has 10 fully saturated rings.